The van der Waals surface area contributed by atoms with Gasteiger partial charge in [-0.05, 0) is 31.1 Å². The molecule has 0 aromatic carbocycles. The van der Waals surface area contributed by atoms with E-state index in [1.54, 1.807) is 0 Å². The third-order valence-corrected chi connectivity index (χ3v) is 2.39. The molecule has 1 saturated carbocycles. The maximum absolute atomic E-state index is 9.15. The van der Waals surface area contributed by atoms with Crippen LogP contribution in [0.3, 0.4) is 0 Å². The fraction of sp³-hybridized carbons (Fsp3) is 1.00. The van der Waals surface area contributed by atoms with Gasteiger partial charge in [0.25, 0.3) is 0 Å². The first kappa shape index (κ1) is 7.07. The number of rotatable bonds is 1. The van der Waals surface area contributed by atoms with Crippen molar-refractivity contribution in [1.82, 2.24) is 0 Å². The molecule has 1 nitrogen and oxygen atoms in total. The van der Waals surface area contributed by atoms with Gasteiger partial charge in [-0.25, -0.2) is 0 Å². The van der Waals surface area contributed by atoms with E-state index in [9.17, 15) is 0 Å². The van der Waals surface area contributed by atoms with Crippen molar-refractivity contribution in [3.05, 3.63) is 0 Å². The van der Waals surface area contributed by atoms with Gasteiger partial charge in [0.05, 0.1) is 6.10 Å². The summed E-state index contributed by atoms with van der Waals surface area (Å²) in [5.41, 5.74) is 0. The van der Waals surface area contributed by atoms with E-state index in [1.165, 1.54) is 6.42 Å². The van der Waals surface area contributed by atoms with Gasteiger partial charge in [0.15, 0.2) is 0 Å². The van der Waals surface area contributed by atoms with E-state index in [1.807, 2.05) is 0 Å². The molecule has 2 atom stereocenters. The Hall–Kier alpha value is -0.0400. The monoisotopic (exact) mass is 128 g/mol. The second kappa shape index (κ2) is 2.70. The summed E-state index contributed by atoms with van der Waals surface area (Å²) in [6.45, 7) is 4.48. The van der Waals surface area contributed by atoms with Crippen molar-refractivity contribution >= 4 is 0 Å². The first-order valence-electron chi connectivity index (χ1n) is 3.88. The van der Waals surface area contributed by atoms with Gasteiger partial charge in [-0.2, -0.15) is 0 Å². The topological polar surface area (TPSA) is 20.2 Å². The van der Waals surface area contributed by atoms with Crippen LogP contribution >= 0.6 is 0 Å². The van der Waals surface area contributed by atoms with Gasteiger partial charge in [-0.3, -0.25) is 0 Å². The number of aliphatic hydroxyl groups is 1. The van der Waals surface area contributed by atoms with Crippen LogP contribution in [0.1, 0.15) is 33.1 Å². The first-order valence-corrected chi connectivity index (χ1v) is 3.88. The van der Waals surface area contributed by atoms with Gasteiger partial charge in [0.1, 0.15) is 0 Å². The highest BCUT2D eigenvalue weighted by atomic mass is 16.3. The van der Waals surface area contributed by atoms with Crippen LogP contribution in [0.5, 0.6) is 0 Å². The van der Waals surface area contributed by atoms with Crippen LogP contribution in [0.2, 0.25) is 0 Å². The Morgan fingerprint density at radius 1 is 1.33 bits per heavy atom. The van der Waals surface area contributed by atoms with Gasteiger partial charge in [0, 0.05) is 0 Å². The maximum atomic E-state index is 9.15. The Kier molecular flexibility index (Phi) is 2.12. The quantitative estimate of drug-likeness (QED) is 0.571. The first-order chi connectivity index (χ1) is 4.20. The molecule has 1 N–H and O–H groups in total. The van der Waals surface area contributed by atoms with Gasteiger partial charge in [0.2, 0.25) is 0 Å². The minimum Gasteiger partial charge on any atom is -0.393 e. The van der Waals surface area contributed by atoms with Crippen molar-refractivity contribution < 1.29 is 5.11 Å². The highest BCUT2D eigenvalue weighted by molar-refractivity contribution is 4.76. The summed E-state index contributed by atoms with van der Waals surface area (Å²) in [4.78, 5) is 0. The highest BCUT2D eigenvalue weighted by Crippen LogP contribution is 2.30. The average molecular weight is 128 g/mol. The van der Waals surface area contributed by atoms with Gasteiger partial charge >= 0.3 is 0 Å². The summed E-state index contributed by atoms with van der Waals surface area (Å²) >= 11 is 0. The molecule has 54 valence electrons. The molecule has 0 bridgehead atoms. The third-order valence-electron chi connectivity index (χ3n) is 2.39. The van der Waals surface area contributed by atoms with Crippen molar-refractivity contribution in [1.29, 1.82) is 0 Å². The molecule has 0 aliphatic heterocycles. The number of hydrogen-bond donors (Lipinski definition) is 1. The van der Waals surface area contributed by atoms with Crippen molar-refractivity contribution in [3.63, 3.8) is 0 Å². The molecule has 0 amide bonds. The van der Waals surface area contributed by atoms with E-state index < -0.39 is 0 Å². The van der Waals surface area contributed by atoms with E-state index >= 15 is 0 Å². The molecular weight excluding hydrogens is 112 g/mol. The maximum Gasteiger partial charge on any atom is 0.0543 e. The summed E-state index contributed by atoms with van der Waals surface area (Å²) in [5, 5.41) is 9.15. The Morgan fingerprint density at radius 2 is 2.00 bits per heavy atom. The molecule has 0 heterocycles. The molecule has 0 radical (unpaired) electrons. The van der Waals surface area contributed by atoms with E-state index in [-0.39, 0.29) is 6.10 Å². The number of hydrogen-bond acceptors (Lipinski definition) is 1. The van der Waals surface area contributed by atoms with Crippen molar-refractivity contribution in [3.8, 4) is 0 Å². The lowest BCUT2D eigenvalue weighted by Gasteiger charge is -2.12. The predicted molar refractivity (Wildman–Crippen MR) is 38.2 cm³/mol. The van der Waals surface area contributed by atoms with Gasteiger partial charge in [-0.1, -0.05) is 13.8 Å². The summed E-state index contributed by atoms with van der Waals surface area (Å²) in [6, 6.07) is 0. The Balaban J connectivity index is 2.30. The van der Waals surface area contributed by atoms with E-state index in [0.29, 0.717) is 0 Å². The summed E-state index contributed by atoms with van der Waals surface area (Å²) < 4.78 is 0. The molecule has 1 rings (SSSR count). The summed E-state index contributed by atoms with van der Waals surface area (Å²) in [7, 11) is 0. The molecule has 1 fully saturated rings. The molecule has 0 aromatic rings. The van der Waals surface area contributed by atoms with Crippen LogP contribution in [-0.4, -0.2) is 11.2 Å². The molecule has 0 aromatic heterocycles. The largest absolute Gasteiger partial charge is 0.393 e. The molecule has 0 spiro atoms. The van der Waals surface area contributed by atoms with Crippen LogP contribution in [-0.2, 0) is 0 Å². The van der Waals surface area contributed by atoms with Crippen molar-refractivity contribution in [2.45, 2.75) is 39.2 Å². The van der Waals surface area contributed by atoms with Gasteiger partial charge in [-0.15, -0.1) is 0 Å². The van der Waals surface area contributed by atoms with E-state index in [2.05, 4.69) is 13.8 Å². The van der Waals surface area contributed by atoms with Crippen LogP contribution in [0.4, 0.5) is 0 Å². The third kappa shape index (κ3) is 1.68. The molecule has 9 heavy (non-hydrogen) atoms. The fourth-order valence-electron chi connectivity index (χ4n) is 1.60. The minimum absolute atomic E-state index is 0.0115. The standard InChI is InChI=1S/C8H16O/c1-6(2)7-3-4-8(9)5-7/h6-9H,3-5H2,1-2H3/t7?,8-/m1/s1. The molecule has 1 heteroatoms. The van der Waals surface area contributed by atoms with Crippen molar-refractivity contribution in [2.24, 2.45) is 11.8 Å². The highest BCUT2D eigenvalue weighted by Gasteiger charge is 2.24. The lowest BCUT2D eigenvalue weighted by atomic mass is 9.95. The molecule has 0 saturated heterocycles. The fourth-order valence-corrected chi connectivity index (χ4v) is 1.60. The molecule has 1 aliphatic rings. The summed E-state index contributed by atoms with van der Waals surface area (Å²) in [5.74, 6) is 1.56. The lowest BCUT2D eigenvalue weighted by molar-refractivity contribution is 0.173. The zero-order valence-corrected chi connectivity index (χ0v) is 6.30. The van der Waals surface area contributed by atoms with Crippen LogP contribution in [0, 0.1) is 11.8 Å². The van der Waals surface area contributed by atoms with Gasteiger partial charge < -0.3 is 5.11 Å². The lowest BCUT2D eigenvalue weighted by Crippen LogP contribution is -2.05. The minimum atomic E-state index is 0.0115. The zero-order valence-electron chi connectivity index (χ0n) is 6.30. The Morgan fingerprint density at radius 3 is 2.22 bits per heavy atom. The zero-order chi connectivity index (χ0) is 6.85. The molecule has 1 aliphatic carbocycles. The second-order valence-corrected chi connectivity index (χ2v) is 3.47. The smallest absolute Gasteiger partial charge is 0.0543 e. The summed E-state index contributed by atoms with van der Waals surface area (Å²) in [6.07, 6.45) is 3.32. The average Bonchev–Trinajstić information content (AvgIpc) is 2.14. The van der Waals surface area contributed by atoms with E-state index in [4.69, 9.17) is 5.11 Å². The Bertz CT molecular complexity index is 88.6. The molecular formula is C8H16O. The predicted octanol–water partition coefficient (Wildman–Crippen LogP) is 1.80. The van der Waals surface area contributed by atoms with Crippen molar-refractivity contribution in [2.75, 3.05) is 0 Å². The van der Waals surface area contributed by atoms with Crippen LogP contribution in [0.15, 0.2) is 0 Å². The molecule has 1 unspecified atom stereocenters. The van der Waals surface area contributed by atoms with Crippen LogP contribution < -0.4 is 0 Å². The normalized spacial score (nSPS) is 36.0. The Labute approximate surface area is 57.1 Å². The number of aliphatic hydroxyl groups excluding tert-OH is 1. The van der Waals surface area contributed by atoms with E-state index in [0.717, 1.165) is 24.7 Å². The SMILES string of the molecule is CC(C)C1CC[C@@H](O)C1. The second-order valence-electron chi connectivity index (χ2n) is 3.47. The van der Waals surface area contributed by atoms with Crippen LogP contribution in [0.25, 0.3) is 0 Å².